The maximum absolute atomic E-state index is 12.3. The SMILES string of the molecule is Cc1ccc(C(=O)Nc2cc(C(=O)NCCC(C)C)ccc2Cl)cc1. The minimum absolute atomic E-state index is 0.178. The molecule has 4 nitrogen and oxygen atoms in total. The summed E-state index contributed by atoms with van der Waals surface area (Å²) in [6.45, 7) is 6.78. The van der Waals surface area contributed by atoms with E-state index >= 15 is 0 Å². The number of anilines is 1. The highest BCUT2D eigenvalue weighted by molar-refractivity contribution is 6.34. The monoisotopic (exact) mass is 358 g/mol. The molecule has 0 bridgehead atoms. The fourth-order valence-electron chi connectivity index (χ4n) is 2.24. The molecular formula is C20H23ClN2O2. The van der Waals surface area contributed by atoms with Crippen LogP contribution in [0.2, 0.25) is 5.02 Å². The molecule has 2 N–H and O–H groups in total. The van der Waals surface area contributed by atoms with E-state index in [1.807, 2.05) is 19.1 Å². The van der Waals surface area contributed by atoms with Crippen molar-refractivity contribution in [1.29, 1.82) is 0 Å². The Morgan fingerprint density at radius 3 is 2.28 bits per heavy atom. The van der Waals surface area contributed by atoms with Crippen molar-refractivity contribution < 1.29 is 9.59 Å². The van der Waals surface area contributed by atoms with Gasteiger partial charge < -0.3 is 10.6 Å². The summed E-state index contributed by atoms with van der Waals surface area (Å²) in [6, 6.07) is 12.1. The van der Waals surface area contributed by atoms with Crippen LogP contribution in [0.1, 0.15) is 46.5 Å². The van der Waals surface area contributed by atoms with Gasteiger partial charge in [-0.25, -0.2) is 0 Å². The maximum atomic E-state index is 12.3. The van der Waals surface area contributed by atoms with Gasteiger partial charge in [-0.05, 0) is 49.6 Å². The molecule has 0 heterocycles. The first-order valence-electron chi connectivity index (χ1n) is 8.32. The molecule has 2 aromatic rings. The molecule has 132 valence electrons. The second-order valence-corrected chi connectivity index (χ2v) is 6.86. The Hall–Kier alpha value is -2.33. The van der Waals surface area contributed by atoms with Gasteiger partial charge in [0.1, 0.15) is 0 Å². The summed E-state index contributed by atoms with van der Waals surface area (Å²) in [6.07, 6.45) is 0.913. The molecule has 0 radical (unpaired) electrons. The molecule has 25 heavy (non-hydrogen) atoms. The van der Waals surface area contributed by atoms with Gasteiger partial charge in [-0.3, -0.25) is 9.59 Å². The van der Waals surface area contributed by atoms with Gasteiger partial charge in [0.05, 0.1) is 10.7 Å². The summed E-state index contributed by atoms with van der Waals surface area (Å²) in [5.41, 5.74) is 2.50. The zero-order chi connectivity index (χ0) is 18.4. The standard InChI is InChI=1S/C20H23ClN2O2/c1-13(2)10-11-22-19(24)16-8-9-17(21)18(12-16)23-20(25)15-6-4-14(3)5-7-15/h4-9,12-13H,10-11H2,1-3H3,(H,22,24)(H,23,25). The molecule has 2 rings (SSSR count). The lowest BCUT2D eigenvalue weighted by Crippen LogP contribution is -2.25. The van der Waals surface area contributed by atoms with Crippen LogP contribution in [0.4, 0.5) is 5.69 Å². The van der Waals surface area contributed by atoms with Gasteiger partial charge in [-0.2, -0.15) is 0 Å². The molecule has 0 aliphatic rings. The highest BCUT2D eigenvalue weighted by Gasteiger charge is 2.12. The van der Waals surface area contributed by atoms with E-state index in [0.29, 0.717) is 34.3 Å². The van der Waals surface area contributed by atoms with Gasteiger partial charge in [0.15, 0.2) is 0 Å². The van der Waals surface area contributed by atoms with Crippen molar-refractivity contribution in [2.45, 2.75) is 27.2 Å². The molecule has 0 atom stereocenters. The number of halogens is 1. The zero-order valence-corrected chi connectivity index (χ0v) is 15.5. The van der Waals surface area contributed by atoms with Gasteiger partial charge in [0, 0.05) is 17.7 Å². The van der Waals surface area contributed by atoms with Crippen molar-refractivity contribution in [2.24, 2.45) is 5.92 Å². The average Bonchev–Trinajstić information content (AvgIpc) is 2.57. The average molecular weight is 359 g/mol. The smallest absolute Gasteiger partial charge is 0.255 e. The first kappa shape index (κ1) is 19.0. The third-order valence-corrected chi connectivity index (χ3v) is 4.13. The molecule has 2 aromatic carbocycles. The molecule has 0 fully saturated rings. The second kappa shape index (κ2) is 8.67. The molecule has 0 aliphatic carbocycles. The molecule has 0 unspecified atom stereocenters. The van der Waals surface area contributed by atoms with E-state index in [1.165, 1.54) is 0 Å². The number of benzene rings is 2. The molecule has 0 aromatic heterocycles. The normalized spacial score (nSPS) is 10.6. The largest absolute Gasteiger partial charge is 0.352 e. The molecular weight excluding hydrogens is 336 g/mol. The molecule has 2 amide bonds. The zero-order valence-electron chi connectivity index (χ0n) is 14.7. The molecule has 0 saturated carbocycles. The van der Waals surface area contributed by atoms with Gasteiger partial charge in [-0.15, -0.1) is 0 Å². The Kier molecular flexibility index (Phi) is 6.59. The topological polar surface area (TPSA) is 58.2 Å². The number of rotatable bonds is 6. The quantitative estimate of drug-likeness (QED) is 0.787. The fourth-order valence-corrected chi connectivity index (χ4v) is 2.40. The van der Waals surface area contributed by atoms with Crippen LogP contribution in [-0.4, -0.2) is 18.4 Å². The van der Waals surface area contributed by atoms with Crippen LogP contribution < -0.4 is 10.6 Å². The van der Waals surface area contributed by atoms with Crippen molar-refractivity contribution in [2.75, 3.05) is 11.9 Å². The number of hydrogen-bond donors (Lipinski definition) is 2. The van der Waals surface area contributed by atoms with Crippen molar-refractivity contribution in [3.63, 3.8) is 0 Å². The predicted octanol–water partition coefficient (Wildman–Crippen LogP) is 4.68. The van der Waals surface area contributed by atoms with Crippen LogP contribution >= 0.6 is 11.6 Å². The van der Waals surface area contributed by atoms with Gasteiger partial charge in [0.25, 0.3) is 11.8 Å². The van der Waals surface area contributed by atoms with Gasteiger partial charge >= 0.3 is 0 Å². The number of aryl methyl sites for hydroxylation is 1. The lowest BCUT2D eigenvalue weighted by atomic mass is 10.1. The van der Waals surface area contributed by atoms with E-state index in [0.717, 1.165) is 12.0 Å². The van der Waals surface area contributed by atoms with Crippen molar-refractivity contribution in [1.82, 2.24) is 5.32 Å². The number of amides is 2. The van der Waals surface area contributed by atoms with Crippen molar-refractivity contribution >= 4 is 29.1 Å². The van der Waals surface area contributed by atoms with Crippen LogP contribution in [0.25, 0.3) is 0 Å². The number of carbonyl (C=O) groups is 2. The second-order valence-electron chi connectivity index (χ2n) is 6.45. The van der Waals surface area contributed by atoms with Gasteiger partial charge in [-0.1, -0.05) is 43.1 Å². The Labute approximate surface area is 153 Å². The lowest BCUT2D eigenvalue weighted by molar-refractivity contribution is 0.0950. The number of carbonyl (C=O) groups excluding carboxylic acids is 2. The summed E-state index contributed by atoms with van der Waals surface area (Å²) in [7, 11) is 0. The van der Waals surface area contributed by atoms with Crippen LogP contribution in [0.15, 0.2) is 42.5 Å². The molecule has 0 saturated heterocycles. The minimum atomic E-state index is -0.265. The van der Waals surface area contributed by atoms with E-state index in [9.17, 15) is 9.59 Å². The molecule has 5 heteroatoms. The van der Waals surface area contributed by atoms with Gasteiger partial charge in [0.2, 0.25) is 0 Å². The first-order valence-corrected chi connectivity index (χ1v) is 8.70. The van der Waals surface area contributed by atoms with Crippen LogP contribution in [0.5, 0.6) is 0 Å². The van der Waals surface area contributed by atoms with E-state index in [4.69, 9.17) is 11.6 Å². The van der Waals surface area contributed by atoms with E-state index in [2.05, 4.69) is 24.5 Å². The van der Waals surface area contributed by atoms with E-state index in [-0.39, 0.29) is 11.8 Å². The van der Waals surface area contributed by atoms with E-state index in [1.54, 1.807) is 30.3 Å². The van der Waals surface area contributed by atoms with Crippen LogP contribution in [0.3, 0.4) is 0 Å². The van der Waals surface area contributed by atoms with Crippen LogP contribution in [-0.2, 0) is 0 Å². The fraction of sp³-hybridized carbons (Fsp3) is 0.300. The Morgan fingerprint density at radius 1 is 1.00 bits per heavy atom. The highest BCUT2D eigenvalue weighted by Crippen LogP contribution is 2.24. The molecule has 0 spiro atoms. The van der Waals surface area contributed by atoms with Crippen molar-refractivity contribution in [3.05, 3.63) is 64.2 Å². The van der Waals surface area contributed by atoms with Crippen molar-refractivity contribution in [3.8, 4) is 0 Å². The summed E-state index contributed by atoms with van der Waals surface area (Å²) < 4.78 is 0. The molecule has 0 aliphatic heterocycles. The number of hydrogen-bond acceptors (Lipinski definition) is 2. The Bertz CT molecular complexity index is 755. The summed E-state index contributed by atoms with van der Waals surface area (Å²) in [5, 5.41) is 6.03. The highest BCUT2D eigenvalue weighted by atomic mass is 35.5. The summed E-state index contributed by atoms with van der Waals surface area (Å²) >= 11 is 6.16. The summed E-state index contributed by atoms with van der Waals surface area (Å²) in [4.78, 5) is 24.6. The Balaban J connectivity index is 2.09. The third-order valence-electron chi connectivity index (χ3n) is 3.80. The predicted molar refractivity (Wildman–Crippen MR) is 102 cm³/mol. The Morgan fingerprint density at radius 2 is 1.64 bits per heavy atom. The third kappa shape index (κ3) is 5.61. The maximum Gasteiger partial charge on any atom is 0.255 e. The first-order chi connectivity index (χ1) is 11.9. The van der Waals surface area contributed by atoms with Crippen LogP contribution in [0, 0.1) is 12.8 Å². The lowest BCUT2D eigenvalue weighted by Gasteiger charge is -2.11. The van der Waals surface area contributed by atoms with E-state index < -0.39 is 0 Å². The minimum Gasteiger partial charge on any atom is -0.352 e. The number of nitrogens with one attached hydrogen (secondary N) is 2. The summed E-state index contributed by atoms with van der Waals surface area (Å²) in [5.74, 6) is 0.0808.